The molecule has 8 rings (SSSR count). The number of aromatic nitrogens is 10. The summed E-state index contributed by atoms with van der Waals surface area (Å²) in [4.78, 5) is 65.4. The molecule has 14 atom stereocenters. The smallest absolute Gasteiger partial charge is 0.351 e. The first-order valence-electron chi connectivity index (χ1n) is 20.0. The summed E-state index contributed by atoms with van der Waals surface area (Å²) in [6.45, 7) is 0.00630. The van der Waals surface area contributed by atoms with Crippen molar-refractivity contribution in [2.45, 2.75) is 103 Å². The Hall–Kier alpha value is -3.72. The number of hydrogen-bond acceptors (Lipinski definition) is 21. The molecule has 0 saturated carbocycles. The zero-order chi connectivity index (χ0) is 45.1. The maximum absolute atomic E-state index is 13.1. The van der Waals surface area contributed by atoms with Gasteiger partial charge in [0.1, 0.15) is 72.6 Å². The number of fused-ring (bicyclic) bond motifs is 2. The second kappa shape index (κ2) is 17.9. The van der Waals surface area contributed by atoms with E-state index in [-0.39, 0.29) is 30.0 Å². The van der Waals surface area contributed by atoms with Crippen LogP contribution in [-0.2, 0) is 55.9 Å². The zero-order valence-corrected chi connectivity index (χ0v) is 38.1. The molecule has 28 heteroatoms. The fraction of sp³-hybridized carbons (Fsp3) is 0.600. The van der Waals surface area contributed by atoms with Crippen LogP contribution in [0.25, 0.3) is 22.3 Å². The van der Waals surface area contributed by atoms with Gasteiger partial charge in [0.15, 0.2) is 22.9 Å². The molecule has 342 valence electrons. The highest BCUT2D eigenvalue weighted by Gasteiger charge is 2.50. The second-order valence-corrected chi connectivity index (χ2v) is 21.5. The number of anilines is 3. The van der Waals surface area contributed by atoms with Crippen molar-refractivity contribution in [3.8, 4) is 0 Å². The average Bonchev–Trinajstić information content (AvgIpc) is 4.05. The Bertz CT molecular complexity index is 2640. The van der Waals surface area contributed by atoms with E-state index in [1.54, 1.807) is 36.2 Å². The molecule has 3 aliphatic rings. The van der Waals surface area contributed by atoms with Crippen molar-refractivity contribution in [3.63, 3.8) is 0 Å². The third kappa shape index (κ3) is 8.99. The third-order valence-corrected chi connectivity index (χ3v) is 14.8. The molecule has 0 radical (unpaired) electrons. The van der Waals surface area contributed by atoms with Crippen LogP contribution in [0.4, 0.5) is 17.5 Å². The monoisotopic (exact) mass is 953 g/mol. The lowest BCUT2D eigenvalue weighted by atomic mass is 9.99. The minimum absolute atomic E-state index is 0.0471. The quantitative estimate of drug-likeness (QED) is 0.0817. The van der Waals surface area contributed by atoms with E-state index in [0.717, 1.165) is 6.42 Å². The van der Waals surface area contributed by atoms with Gasteiger partial charge >= 0.3 is 19.1 Å². The number of ether oxygens (including phenoxy) is 3. The normalized spacial score (nSPS) is 31.8. The number of nitrogen functional groups attached to an aromatic ring is 3. The maximum Gasteiger partial charge on any atom is 0.351 e. The minimum Gasteiger partial charge on any atom is -0.390 e. The van der Waals surface area contributed by atoms with Gasteiger partial charge in [0.2, 0.25) is 0 Å². The van der Waals surface area contributed by atoms with Crippen molar-refractivity contribution in [2.24, 2.45) is 17.8 Å². The first kappa shape index (κ1) is 45.8. The molecular formula is C35H49N13O11P2S2. The molecule has 5 unspecified atom stereocenters. The van der Waals surface area contributed by atoms with Crippen molar-refractivity contribution in [3.05, 3.63) is 47.6 Å². The maximum atomic E-state index is 13.1. The first-order chi connectivity index (χ1) is 29.9. The van der Waals surface area contributed by atoms with Gasteiger partial charge in [0, 0.05) is 29.5 Å². The van der Waals surface area contributed by atoms with E-state index in [4.69, 9.17) is 73.1 Å². The molecule has 0 aliphatic carbocycles. The van der Waals surface area contributed by atoms with Crippen LogP contribution >= 0.6 is 13.4 Å². The fourth-order valence-electron chi connectivity index (χ4n) is 8.30. The number of nitrogens with zero attached hydrogens (tertiary/aromatic N) is 10. The van der Waals surface area contributed by atoms with Gasteiger partial charge in [-0.3, -0.25) is 13.7 Å². The summed E-state index contributed by atoms with van der Waals surface area (Å²) >= 11 is 11.1. The van der Waals surface area contributed by atoms with Crippen LogP contribution in [0.15, 0.2) is 36.3 Å². The molecule has 3 aliphatic heterocycles. The Kier molecular flexibility index (Phi) is 13.0. The molecule has 0 bridgehead atoms. The van der Waals surface area contributed by atoms with Gasteiger partial charge in [0.05, 0.1) is 38.1 Å². The van der Waals surface area contributed by atoms with E-state index in [0.29, 0.717) is 34.3 Å². The van der Waals surface area contributed by atoms with Crippen molar-refractivity contribution in [1.29, 1.82) is 0 Å². The van der Waals surface area contributed by atoms with E-state index in [9.17, 15) is 19.7 Å². The number of imidazole rings is 2. The number of nitrogens with two attached hydrogens (primary N) is 3. The average molecular weight is 954 g/mol. The Labute approximate surface area is 369 Å². The summed E-state index contributed by atoms with van der Waals surface area (Å²) in [5.74, 6) is -1.11. The van der Waals surface area contributed by atoms with Crippen LogP contribution in [0, 0.1) is 24.7 Å². The number of aryl methyl sites for hydroxylation is 1. The summed E-state index contributed by atoms with van der Waals surface area (Å²) in [7, 11) is 0. The standard InChI is InChI=1S/C35H49N13O11P2S2/c1-6-7-19-25(17(4)34(55-19)48-14-44-23-29(38)40-12-42-31(23)48)58-61(52,63)54-10-21-26(18(5)33(57-21)46-8-15(2)27(36)45-35(46)50)59-60(51,62)53-9-20-24(49)16(3)32(56-20)47-13-43-22-28(37)39-11-41-30(22)47/h8,11-14,16-21,24-26,32-34,49H,6-7,9-10H2,1-5H3,(H,51,62)(H,52,63)(H2,36,45,50)(H2,37,39,41)(H2,38,40,42)/t16-,17-,18-,19+,20+,21+,24?,25?,26?,32+,33+,34+,60?,61?/m0/s1. The van der Waals surface area contributed by atoms with Crippen LogP contribution in [-0.4, -0.2) is 113 Å². The molecular weight excluding hydrogens is 905 g/mol. The summed E-state index contributed by atoms with van der Waals surface area (Å²) in [6, 6.07) is 0. The van der Waals surface area contributed by atoms with Gasteiger partial charge in [0.25, 0.3) is 0 Å². The van der Waals surface area contributed by atoms with E-state index in [1.807, 2.05) is 13.8 Å². The highest BCUT2D eigenvalue weighted by Crippen LogP contribution is 2.54. The third-order valence-electron chi connectivity index (χ3n) is 11.6. The molecule has 24 nitrogen and oxygen atoms in total. The van der Waals surface area contributed by atoms with Crippen LogP contribution in [0.2, 0.25) is 0 Å². The highest BCUT2D eigenvalue weighted by atomic mass is 32.5. The van der Waals surface area contributed by atoms with Gasteiger partial charge in [-0.2, -0.15) is 4.98 Å². The van der Waals surface area contributed by atoms with Gasteiger partial charge in [-0.05, 0) is 37.0 Å². The molecule has 3 saturated heterocycles. The van der Waals surface area contributed by atoms with Gasteiger partial charge < -0.3 is 64.4 Å². The Morgan fingerprint density at radius 2 is 1.19 bits per heavy atom. The minimum atomic E-state index is -4.18. The molecule has 0 spiro atoms. The Balaban J connectivity index is 0.978. The van der Waals surface area contributed by atoms with E-state index >= 15 is 0 Å². The van der Waals surface area contributed by atoms with Crippen LogP contribution in [0.5, 0.6) is 0 Å². The topological polar surface area (TPSA) is 325 Å². The van der Waals surface area contributed by atoms with E-state index in [1.165, 1.54) is 29.7 Å². The van der Waals surface area contributed by atoms with Gasteiger partial charge in [-0.25, -0.2) is 34.7 Å². The Morgan fingerprint density at radius 1 is 0.714 bits per heavy atom. The van der Waals surface area contributed by atoms with Gasteiger partial charge in [-0.1, -0.05) is 34.1 Å². The first-order valence-corrected chi connectivity index (χ1v) is 25.2. The number of aliphatic hydroxyl groups is 1. The number of hydrogen-bond donors (Lipinski definition) is 6. The fourth-order valence-corrected chi connectivity index (χ4v) is 11.3. The molecule has 63 heavy (non-hydrogen) atoms. The molecule has 5 aromatic heterocycles. The summed E-state index contributed by atoms with van der Waals surface area (Å²) in [5, 5.41) is 11.2. The van der Waals surface area contributed by atoms with E-state index in [2.05, 4.69) is 34.9 Å². The molecule has 5 aromatic rings. The molecule has 8 heterocycles. The molecule has 0 amide bonds. The van der Waals surface area contributed by atoms with Crippen molar-refractivity contribution >= 4 is 76.8 Å². The summed E-state index contributed by atoms with van der Waals surface area (Å²) in [6.07, 6.45) is 0.692. The van der Waals surface area contributed by atoms with Crippen molar-refractivity contribution < 1.29 is 47.2 Å². The predicted molar refractivity (Wildman–Crippen MR) is 232 cm³/mol. The van der Waals surface area contributed by atoms with Crippen molar-refractivity contribution in [1.82, 2.24) is 48.6 Å². The SMILES string of the molecule is CCC[C@H]1O[C@@H](n2cnc3c(N)ncnc32)[C@@H](C)C1OP(O)(=S)OC[C@H]1O[C@@H](n2cc(C)c(N)nc2=O)[C@@H](C)C1OP(O)(=S)OC[C@H]1O[C@@H](n2cnc3c(N)ncnc32)[C@@H](C)C1O. The molecule has 0 aromatic carbocycles. The van der Waals surface area contributed by atoms with Crippen LogP contribution in [0.1, 0.15) is 64.8 Å². The molecule has 9 N–H and O–H groups in total. The Morgan fingerprint density at radius 3 is 1.75 bits per heavy atom. The lowest BCUT2D eigenvalue weighted by Gasteiger charge is -2.29. The van der Waals surface area contributed by atoms with Crippen LogP contribution < -0.4 is 22.9 Å². The van der Waals surface area contributed by atoms with Crippen molar-refractivity contribution in [2.75, 3.05) is 30.4 Å². The zero-order valence-electron chi connectivity index (χ0n) is 34.7. The summed E-state index contributed by atoms with van der Waals surface area (Å²) in [5.41, 5.74) is 19.4. The second-order valence-electron chi connectivity index (χ2n) is 15.9. The highest BCUT2D eigenvalue weighted by molar-refractivity contribution is 8.07. The van der Waals surface area contributed by atoms with Gasteiger partial charge in [-0.15, -0.1) is 0 Å². The lowest BCUT2D eigenvalue weighted by molar-refractivity contribution is -0.0532. The summed E-state index contributed by atoms with van der Waals surface area (Å²) < 4.78 is 47.8. The lowest BCUT2D eigenvalue weighted by Crippen LogP contribution is -2.34. The van der Waals surface area contributed by atoms with Crippen LogP contribution in [0.3, 0.4) is 0 Å². The largest absolute Gasteiger partial charge is 0.390 e. The number of aliphatic hydroxyl groups excluding tert-OH is 1. The number of rotatable bonds is 15. The molecule has 3 fully saturated rings. The predicted octanol–water partition coefficient (Wildman–Crippen LogP) is 1.98. The van der Waals surface area contributed by atoms with E-state index < -0.39 is 92.9 Å².